The van der Waals surface area contributed by atoms with Gasteiger partial charge in [0.15, 0.2) is 5.03 Å². The minimum absolute atomic E-state index is 0.00954. The van der Waals surface area contributed by atoms with E-state index in [-0.39, 0.29) is 10.8 Å². The zero-order valence-electron chi connectivity index (χ0n) is 9.54. The molecule has 0 aliphatic rings. The smallest absolute Gasteiger partial charge is 0.282 e. The van der Waals surface area contributed by atoms with Crippen molar-refractivity contribution in [1.82, 2.24) is 14.5 Å². The summed E-state index contributed by atoms with van der Waals surface area (Å²) < 4.78 is 29.0. The third kappa shape index (κ3) is 2.99. The second-order valence-corrected chi connectivity index (χ2v) is 6.38. The predicted octanol–water partition coefficient (Wildman–Crippen LogP) is 1.70. The number of sulfonamides is 1. The van der Waals surface area contributed by atoms with E-state index in [4.69, 9.17) is 0 Å². The van der Waals surface area contributed by atoms with Crippen LogP contribution in [0.4, 0.5) is 5.82 Å². The molecule has 0 aliphatic carbocycles. The van der Waals surface area contributed by atoms with Crippen molar-refractivity contribution in [3.8, 4) is 0 Å². The van der Waals surface area contributed by atoms with Crippen LogP contribution in [0, 0.1) is 3.57 Å². The fourth-order valence-corrected chi connectivity index (χ4v) is 2.56. The Kier molecular flexibility index (Phi) is 3.85. The second-order valence-electron chi connectivity index (χ2n) is 3.51. The van der Waals surface area contributed by atoms with Gasteiger partial charge in [-0.3, -0.25) is 4.72 Å². The molecule has 0 aliphatic heterocycles. The van der Waals surface area contributed by atoms with E-state index in [1.807, 2.05) is 6.92 Å². The Morgan fingerprint density at radius 3 is 2.72 bits per heavy atom. The molecule has 2 aromatic heterocycles. The maximum atomic E-state index is 12.0. The minimum Gasteiger partial charge on any atom is -0.336 e. The number of halogens is 1. The van der Waals surface area contributed by atoms with Crippen molar-refractivity contribution in [3.63, 3.8) is 0 Å². The van der Waals surface area contributed by atoms with Crippen molar-refractivity contribution in [1.29, 1.82) is 0 Å². The molecule has 0 unspecified atom stereocenters. The van der Waals surface area contributed by atoms with Gasteiger partial charge in [0.05, 0.1) is 6.33 Å². The lowest BCUT2D eigenvalue weighted by molar-refractivity contribution is 0.598. The fraction of sp³-hybridized carbons (Fsp3) is 0.200. The normalized spacial score (nSPS) is 11.4. The van der Waals surface area contributed by atoms with Gasteiger partial charge in [-0.15, -0.1) is 0 Å². The first-order valence-electron chi connectivity index (χ1n) is 5.17. The predicted molar refractivity (Wildman–Crippen MR) is 75.7 cm³/mol. The van der Waals surface area contributed by atoms with E-state index >= 15 is 0 Å². The molecule has 96 valence electrons. The van der Waals surface area contributed by atoms with Crippen LogP contribution in [0.2, 0.25) is 0 Å². The molecule has 0 atom stereocenters. The van der Waals surface area contributed by atoms with Crippen LogP contribution in [0.25, 0.3) is 0 Å². The number of anilines is 1. The highest BCUT2D eigenvalue weighted by Gasteiger charge is 2.17. The SMILES string of the molecule is CCn1cnc(S(=O)(=O)Nc2ccc(I)cn2)c1. The number of pyridine rings is 1. The highest BCUT2D eigenvalue weighted by molar-refractivity contribution is 14.1. The van der Waals surface area contributed by atoms with E-state index in [1.54, 1.807) is 22.9 Å². The quantitative estimate of drug-likeness (QED) is 0.822. The molecule has 2 rings (SSSR count). The molecule has 0 saturated heterocycles. The summed E-state index contributed by atoms with van der Waals surface area (Å²) in [6.07, 6.45) is 4.55. The maximum Gasteiger partial charge on any atom is 0.282 e. The van der Waals surface area contributed by atoms with Gasteiger partial charge in [0.1, 0.15) is 5.82 Å². The molecule has 6 nitrogen and oxygen atoms in total. The van der Waals surface area contributed by atoms with Crippen molar-refractivity contribution in [3.05, 3.63) is 34.4 Å². The molecule has 1 N–H and O–H groups in total. The number of hydrogen-bond donors (Lipinski definition) is 1. The summed E-state index contributed by atoms with van der Waals surface area (Å²) >= 11 is 2.10. The number of hydrogen-bond acceptors (Lipinski definition) is 4. The topological polar surface area (TPSA) is 76.9 Å². The third-order valence-corrected chi connectivity index (χ3v) is 4.09. The van der Waals surface area contributed by atoms with Gasteiger partial charge in [0.25, 0.3) is 10.0 Å². The molecule has 0 fully saturated rings. The Morgan fingerprint density at radius 2 is 2.17 bits per heavy atom. The molecule has 0 amide bonds. The Bertz CT molecular complexity index is 636. The molecular formula is C10H11IN4O2S. The molecule has 0 saturated carbocycles. The largest absolute Gasteiger partial charge is 0.336 e. The van der Waals surface area contributed by atoms with Crippen molar-refractivity contribution >= 4 is 38.4 Å². The lowest BCUT2D eigenvalue weighted by atomic mass is 10.5. The monoisotopic (exact) mass is 378 g/mol. The first-order chi connectivity index (χ1) is 8.51. The molecule has 18 heavy (non-hydrogen) atoms. The summed E-state index contributed by atoms with van der Waals surface area (Å²) in [4.78, 5) is 7.84. The van der Waals surface area contributed by atoms with Gasteiger partial charge in [-0.1, -0.05) is 0 Å². The number of aromatic nitrogens is 3. The van der Waals surface area contributed by atoms with E-state index in [9.17, 15) is 8.42 Å². The molecule has 0 spiro atoms. The molecule has 2 heterocycles. The number of imidazole rings is 1. The van der Waals surface area contributed by atoms with Gasteiger partial charge in [0, 0.05) is 22.5 Å². The van der Waals surface area contributed by atoms with E-state index in [0.717, 1.165) is 3.57 Å². The number of aryl methyl sites for hydroxylation is 1. The van der Waals surface area contributed by atoms with Crippen molar-refractivity contribution in [2.45, 2.75) is 18.5 Å². The molecular weight excluding hydrogens is 367 g/mol. The lowest BCUT2D eigenvalue weighted by Crippen LogP contribution is -2.14. The number of rotatable bonds is 4. The van der Waals surface area contributed by atoms with E-state index in [0.29, 0.717) is 6.54 Å². The van der Waals surface area contributed by atoms with Gasteiger partial charge < -0.3 is 4.57 Å². The van der Waals surface area contributed by atoms with Crippen molar-refractivity contribution in [2.24, 2.45) is 0 Å². The highest BCUT2D eigenvalue weighted by atomic mass is 127. The average molecular weight is 378 g/mol. The summed E-state index contributed by atoms with van der Waals surface area (Å²) in [5.74, 6) is 0.279. The molecule has 2 aromatic rings. The Hall–Kier alpha value is -1.16. The van der Waals surface area contributed by atoms with Crippen LogP contribution in [-0.2, 0) is 16.6 Å². The number of nitrogens with one attached hydrogen (secondary N) is 1. The molecule has 0 aromatic carbocycles. The lowest BCUT2D eigenvalue weighted by Gasteiger charge is -2.04. The Morgan fingerprint density at radius 1 is 1.39 bits per heavy atom. The van der Waals surface area contributed by atoms with Gasteiger partial charge in [-0.2, -0.15) is 8.42 Å². The highest BCUT2D eigenvalue weighted by Crippen LogP contribution is 2.13. The molecule has 8 heteroatoms. The summed E-state index contributed by atoms with van der Waals surface area (Å²) in [5.41, 5.74) is 0. The van der Waals surface area contributed by atoms with Crippen LogP contribution in [0.1, 0.15) is 6.92 Å². The standard InChI is InChI=1S/C10H11IN4O2S/c1-2-15-6-10(13-7-15)18(16,17)14-9-4-3-8(11)5-12-9/h3-7H,2H2,1H3,(H,12,14). The summed E-state index contributed by atoms with van der Waals surface area (Å²) in [7, 11) is -3.66. The number of nitrogens with zero attached hydrogens (tertiary/aromatic N) is 3. The summed E-state index contributed by atoms with van der Waals surface area (Å²) in [6.45, 7) is 2.58. The van der Waals surface area contributed by atoms with Gasteiger partial charge >= 0.3 is 0 Å². The van der Waals surface area contributed by atoms with Crippen LogP contribution in [0.3, 0.4) is 0 Å². The molecule has 0 radical (unpaired) electrons. The van der Waals surface area contributed by atoms with E-state index in [2.05, 4.69) is 37.3 Å². The Labute approximate surface area is 119 Å². The van der Waals surface area contributed by atoms with Crippen LogP contribution in [0.15, 0.2) is 35.9 Å². The average Bonchev–Trinajstić information content (AvgIpc) is 2.81. The fourth-order valence-electron chi connectivity index (χ4n) is 1.28. The first-order valence-corrected chi connectivity index (χ1v) is 7.73. The molecule has 0 bridgehead atoms. The van der Waals surface area contributed by atoms with Crippen molar-refractivity contribution < 1.29 is 8.42 Å². The van der Waals surface area contributed by atoms with Gasteiger partial charge in [0.2, 0.25) is 0 Å². The van der Waals surface area contributed by atoms with Crippen LogP contribution >= 0.6 is 22.6 Å². The third-order valence-electron chi connectivity index (χ3n) is 2.22. The van der Waals surface area contributed by atoms with E-state index in [1.165, 1.54) is 12.5 Å². The zero-order chi connectivity index (χ0) is 13.2. The van der Waals surface area contributed by atoms with Gasteiger partial charge in [-0.05, 0) is 41.6 Å². The van der Waals surface area contributed by atoms with Crippen molar-refractivity contribution in [2.75, 3.05) is 4.72 Å². The van der Waals surface area contributed by atoms with Crippen LogP contribution in [-0.4, -0.2) is 23.0 Å². The second kappa shape index (κ2) is 5.22. The zero-order valence-corrected chi connectivity index (χ0v) is 12.5. The Balaban J connectivity index is 2.24. The van der Waals surface area contributed by atoms with Crippen LogP contribution < -0.4 is 4.72 Å². The van der Waals surface area contributed by atoms with E-state index < -0.39 is 10.0 Å². The maximum absolute atomic E-state index is 12.0. The summed E-state index contributed by atoms with van der Waals surface area (Å²) in [5, 5.41) is -0.00954. The van der Waals surface area contributed by atoms with Crippen LogP contribution in [0.5, 0.6) is 0 Å². The minimum atomic E-state index is -3.66. The first kappa shape index (κ1) is 13.3. The summed E-state index contributed by atoms with van der Waals surface area (Å²) in [6, 6.07) is 3.38. The van der Waals surface area contributed by atoms with Gasteiger partial charge in [-0.25, -0.2) is 9.97 Å².